The standard InChI is InChI=1S/CHN2O2/c2-1-3(4)5/h(H,4,5)/q-1. The third-order valence-corrected chi connectivity index (χ3v) is 0.0855. The molecule has 0 saturated carbocycles. The average molecular weight is 73.0 g/mol. The van der Waals surface area contributed by atoms with Crippen molar-refractivity contribution in [2.45, 2.75) is 0 Å². The van der Waals surface area contributed by atoms with Crippen molar-refractivity contribution in [2.24, 2.45) is 0 Å². The monoisotopic (exact) mass is 73.0 g/mol. The molecule has 5 heavy (non-hydrogen) atoms. The molecule has 0 bridgehead atoms. The summed E-state index contributed by atoms with van der Waals surface area (Å²) in [5.74, 6) is 0. The molecule has 0 heterocycles. The van der Waals surface area contributed by atoms with Crippen LogP contribution in [0.25, 0.3) is 5.41 Å². The van der Waals surface area contributed by atoms with Gasteiger partial charge in [-0.15, -0.1) is 0 Å². The molecule has 0 saturated heterocycles. The Balaban J connectivity index is 3.60. The molecule has 0 spiro atoms. The van der Waals surface area contributed by atoms with Gasteiger partial charge in [0, 0.05) is 0 Å². The molecule has 0 aliphatic rings. The third-order valence-electron chi connectivity index (χ3n) is 0.0855. The molecule has 4 heteroatoms. The molecule has 0 unspecified atom stereocenters. The number of hydrogen-bond acceptors (Lipinski definition) is 2. The summed E-state index contributed by atoms with van der Waals surface area (Å²) in [6.07, 6.45) is 0. The minimum absolute atomic E-state index is 0.819. The maximum atomic E-state index is 8.92. The summed E-state index contributed by atoms with van der Waals surface area (Å²) in [7, 11) is 0. The van der Waals surface area contributed by atoms with E-state index in [1.54, 1.807) is 0 Å². The summed E-state index contributed by atoms with van der Waals surface area (Å²) < 4.78 is 0. The smallest absolute Gasteiger partial charge is 0.127 e. The second kappa shape index (κ2) is 1.32. The molecule has 0 amide bonds. The first kappa shape index (κ1) is 3.98. The highest BCUT2D eigenvalue weighted by atomic mass is 16.8. The molecule has 0 rings (SSSR count). The quantitative estimate of drug-likeness (QED) is 0.184. The zero-order chi connectivity index (χ0) is 4.28. The van der Waals surface area contributed by atoms with E-state index in [0.29, 0.717) is 0 Å². The summed E-state index contributed by atoms with van der Waals surface area (Å²) in [5.41, 5.74) is 0. The van der Waals surface area contributed by atoms with Gasteiger partial charge in [-0.2, -0.15) is 4.90 Å². The first-order valence-electron chi connectivity index (χ1n) is 0.830. The second-order valence-corrected chi connectivity index (χ2v) is 0.373. The van der Waals surface area contributed by atoms with Crippen molar-refractivity contribution in [1.29, 1.82) is 0 Å². The summed E-state index contributed by atoms with van der Waals surface area (Å²) in [6, 6.07) is 0.861. The van der Waals surface area contributed by atoms with Crippen molar-refractivity contribution in [1.82, 2.24) is 0 Å². The lowest BCUT2D eigenvalue weighted by Crippen LogP contribution is -1.87. The van der Waals surface area contributed by atoms with E-state index in [-0.39, 0.29) is 0 Å². The molecule has 28 valence electrons. The van der Waals surface area contributed by atoms with Gasteiger partial charge < -0.3 is 10.4 Å². The van der Waals surface area contributed by atoms with Crippen LogP contribution in [0, 0.1) is 5.21 Å². The van der Waals surface area contributed by atoms with Crippen LogP contribution in [0.3, 0.4) is 0 Å². The minimum atomic E-state index is -0.819. The summed E-state index contributed by atoms with van der Waals surface area (Å²) in [4.78, 5) is -0.819. The Bertz CT molecular complexity index is 67.7. The van der Waals surface area contributed by atoms with Crippen molar-refractivity contribution in [3.8, 4) is 0 Å². The first-order valence-corrected chi connectivity index (χ1v) is 0.830. The van der Waals surface area contributed by atoms with E-state index >= 15 is 0 Å². The first-order chi connectivity index (χ1) is 2.27. The van der Waals surface area contributed by atoms with Crippen molar-refractivity contribution in [2.75, 3.05) is 0 Å². The lowest BCUT2D eigenvalue weighted by Gasteiger charge is -1.89. The average Bonchev–Trinajstić information content (AvgIpc) is 1.38. The van der Waals surface area contributed by atoms with Gasteiger partial charge in [0.15, 0.2) is 0 Å². The largest absolute Gasteiger partial charge is 0.561 e. The fourth-order valence-corrected chi connectivity index (χ4v) is 0. The van der Waals surface area contributed by atoms with Crippen LogP contribution in [0.1, 0.15) is 0 Å². The Morgan fingerprint density at radius 2 is 2.20 bits per heavy atom. The van der Waals surface area contributed by atoms with Gasteiger partial charge in [-0.25, -0.2) is 0 Å². The maximum absolute atomic E-state index is 8.92. The van der Waals surface area contributed by atoms with Gasteiger partial charge in [-0.3, -0.25) is 0 Å². The van der Waals surface area contributed by atoms with E-state index in [0.717, 1.165) is 6.01 Å². The predicted molar refractivity (Wildman–Crippen MR) is 13.8 cm³/mol. The zero-order valence-electron chi connectivity index (χ0n) is 2.25. The van der Waals surface area contributed by atoms with E-state index in [9.17, 15) is 0 Å². The van der Waals surface area contributed by atoms with Crippen LogP contribution in [0.4, 0.5) is 0 Å². The molecule has 0 atom stereocenters. The highest BCUT2D eigenvalue weighted by molar-refractivity contribution is 5.37. The van der Waals surface area contributed by atoms with E-state index in [2.05, 4.69) is 0 Å². The molecule has 1 N–H and O–H groups in total. The second-order valence-electron chi connectivity index (χ2n) is 0.373. The zero-order valence-corrected chi connectivity index (χ0v) is 2.25. The minimum Gasteiger partial charge on any atom is -0.561 e. The molecule has 0 radical (unpaired) electrons. The van der Waals surface area contributed by atoms with E-state index in [1.165, 1.54) is 0 Å². The van der Waals surface area contributed by atoms with Gasteiger partial charge in [0.05, 0.1) is 0 Å². The maximum Gasteiger partial charge on any atom is 0.127 e. The van der Waals surface area contributed by atoms with Crippen LogP contribution in [0.5, 0.6) is 0 Å². The molecule has 0 aromatic carbocycles. The van der Waals surface area contributed by atoms with Crippen LogP contribution in [0.15, 0.2) is 0 Å². The van der Waals surface area contributed by atoms with Crippen LogP contribution >= 0.6 is 0 Å². The fraction of sp³-hybridized carbons (Fsp3) is 0. The van der Waals surface area contributed by atoms with Gasteiger partial charge in [-0.05, 0) is 0 Å². The van der Waals surface area contributed by atoms with Gasteiger partial charge in [0.25, 0.3) is 0 Å². The molecule has 4 nitrogen and oxygen atoms in total. The Morgan fingerprint density at radius 3 is 2.20 bits per heavy atom. The topological polar surface area (TPSA) is 68.6 Å². The number of hydrogen-bond donors (Lipinski definition) is 1. The molecule has 0 aromatic rings. The molecular weight excluding hydrogens is 72.0 g/mol. The molecule has 0 fully saturated rings. The van der Waals surface area contributed by atoms with Gasteiger partial charge in [-0.1, -0.05) is 5.41 Å². The third kappa shape index (κ3) is 2.98. The summed E-state index contributed by atoms with van der Waals surface area (Å²) in [5, 5.41) is 23.5. The van der Waals surface area contributed by atoms with Crippen molar-refractivity contribution < 1.29 is 10.1 Å². The lowest BCUT2D eigenvalue weighted by molar-refractivity contribution is -0.720. The highest BCUT2D eigenvalue weighted by Gasteiger charge is 1.41. The van der Waals surface area contributed by atoms with Crippen LogP contribution in [-0.4, -0.2) is 16.1 Å². The summed E-state index contributed by atoms with van der Waals surface area (Å²) >= 11 is 0. The Labute approximate surface area is 28.0 Å². The van der Waals surface area contributed by atoms with Gasteiger partial charge >= 0.3 is 0 Å². The van der Waals surface area contributed by atoms with Crippen molar-refractivity contribution in [3.05, 3.63) is 10.6 Å². The Morgan fingerprint density at radius 1 is 2.00 bits per heavy atom. The Kier molecular flexibility index (Phi) is 1.05. The normalized spacial score (nSPS) is 5.60. The van der Waals surface area contributed by atoms with Crippen LogP contribution in [0.2, 0.25) is 0 Å². The molecular formula is CHN2O2-. The molecule has 0 aromatic heterocycles. The van der Waals surface area contributed by atoms with E-state index in [4.69, 9.17) is 15.8 Å². The van der Waals surface area contributed by atoms with Crippen LogP contribution < -0.4 is 0 Å². The van der Waals surface area contributed by atoms with E-state index < -0.39 is 4.90 Å². The van der Waals surface area contributed by atoms with Gasteiger partial charge in [0.2, 0.25) is 0 Å². The fourth-order valence-electron chi connectivity index (χ4n) is 0. The lowest BCUT2D eigenvalue weighted by atomic mass is 11.6. The Hall–Kier alpha value is -1.02. The van der Waals surface area contributed by atoms with Gasteiger partial charge in [0.1, 0.15) is 6.01 Å². The van der Waals surface area contributed by atoms with E-state index in [1.807, 2.05) is 0 Å². The van der Waals surface area contributed by atoms with Crippen LogP contribution in [-0.2, 0) is 0 Å². The molecule has 0 aliphatic carbocycles. The number of nitrogens with zero attached hydrogens (tertiary/aromatic N) is 2. The SMILES string of the molecule is [N-]=C=[N+]([O-])O. The van der Waals surface area contributed by atoms with Crippen molar-refractivity contribution in [3.63, 3.8) is 0 Å². The van der Waals surface area contributed by atoms with Crippen molar-refractivity contribution >= 4 is 6.01 Å². The predicted octanol–water partition coefficient (Wildman–Crippen LogP) is -0.371. The molecule has 0 aliphatic heterocycles. The highest BCUT2D eigenvalue weighted by Crippen LogP contribution is 1.40. The summed E-state index contributed by atoms with van der Waals surface area (Å²) in [6.45, 7) is 0. The number of rotatable bonds is 0.